The molecule has 0 radical (unpaired) electrons. The molecule has 3 aromatic rings. The van der Waals surface area contributed by atoms with Crippen LogP contribution >= 0.6 is 11.6 Å². The van der Waals surface area contributed by atoms with Gasteiger partial charge in [0.05, 0.1) is 23.2 Å². The Bertz CT molecular complexity index is 1380. The lowest BCUT2D eigenvalue weighted by atomic mass is 9.94. The van der Waals surface area contributed by atoms with E-state index in [0.29, 0.717) is 34.2 Å². The lowest BCUT2D eigenvalue weighted by Crippen LogP contribution is -2.29. The summed E-state index contributed by atoms with van der Waals surface area (Å²) in [6.45, 7) is 8.10. The van der Waals surface area contributed by atoms with Gasteiger partial charge in [-0.25, -0.2) is 0 Å². The fourth-order valence-corrected chi connectivity index (χ4v) is 5.03. The van der Waals surface area contributed by atoms with Crippen molar-refractivity contribution >= 4 is 46.1 Å². The van der Waals surface area contributed by atoms with Gasteiger partial charge in [-0.1, -0.05) is 23.7 Å². The van der Waals surface area contributed by atoms with Crippen LogP contribution in [0.4, 0.5) is 17.1 Å². The molecule has 1 fully saturated rings. The number of carbonyl (C=O) groups is 2. The van der Waals surface area contributed by atoms with Crippen LogP contribution in [0, 0.1) is 0 Å². The molecule has 204 valence electrons. The summed E-state index contributed by atoms with van der Waals surface area (Å²) < 4.78 is 5.59. The van der Waals surface area contributed by atoms with Gasteiger partial charge < -0.3 is 19.6 Å². The van der Waals surface area contributed by atoms with E-state index in [2.05, 4.69) is 18.7 Å². The minimum absolute atomic E-state index is 0.0112. The third kappa shape index (κ3) is 5.45. The Kier molecular flexibility index (Phi) is 8.51. The molecule has 1 atom stereocenters. The van der Waals surface area contributed by atoms with E-state index >= 15 is 0 Å². The van der Waals surface area contributed by atoms with Crippen molar-refractivity contribution in [3.05, 3.63) is 88.5 Å². The summed E-state index contributed by atoms with van der Waals surface area (Å²) in [4.78, 5) is 32.7. The van der Waals surface area contributed by atoms with Crippen LogP contribution < -0.4 is 19.4 Å². The summed E-state index contributed by atoms with van der Waals surface area (Å²) >= 11 is 6.26. The molecule has 1 N–H and O–H groups in total. The molecule has 1 unspecified atom stereocenters. The van der Waals surface area contributed by atoms with Crippen LogP contribution in [-0.4, -0.2) is 50.6 Å². The van der Waals surface area contributed by atoms with Crippen LogP contribution in [0.3, 0.4) is 0 Å². The molecular formula is C31H34ClN3O4. The molecule has 39 heavy (non-hydrogen) atoms. The van der Waals surface area contributed by atoms with E-state index < -0.39 is 17.7 Å². The van der Waals surface area contributed by atoms with Crippen molar-refractivity contribution in [2.24, 2.45) is 0 Å². The molecule has 1 heterocycles. The summed E-state index contributed by atoms with van der Waals surface area (Å²) in [5.41, 5.74) is 3.62. The van der Waals surface area contributed by atoms with Crippen molar-refractivity contribution in [3.8, 4) is 5.75 Å². The monoisotopic (exact) mass is 547 g/mol. The number of anilines is 3. The van der Waals surface area contributed by atoms with E-state index in [1.165, 1.54) is 4.90 Å². The van der Waals surface area contributed by atoms with Gasteiger partial charge in [-0.05, 0) is 80.9 Å². The van der Waals surface area contributed by atoms with E-state index in [4.69, 9.17) is 16.3 Å². The number of ketones is 1. The van der Waals surface area contributed by atoms with Gasteiger partial charge in [-0.15, -0.1) is 0 Å². The predicted molar refractivity (Wildman–Crippen MR) is 158 cm³/mol. The number of nitrogens with zero attached hydrogens (tertiary/aromatic N) is 3. The summed E-state index contributed by atoms with van der Waals surface area (Å²) in [5, 5.41) is 11.9. The Morgan fingerprint density at radius 1 is 0.923 bits per heavy atom. The highest BCUT2D eigenvalue weighted by molar-refractivity contribution is 6.51. The second-order valence-electron chi connectivity index (χ2n) is 9.42. The Balaban J connectivity index is 1.89. The predicted octanol–water partition coefficient (Wildman–Crippen LogP) is 6.28. The van der Waals surface area contributed by atoms with Crippen LogP contribution in [0.2, 0.25) is 5.02 Å². The summed E-state index contributed by atoms with van der Waals surface area (Å²) in [6.07, 6.45) is 0. The SMILES string of the molecule is CCOc1cc(/C(O)=C2/C(=O)C(=O)N(c3ccc(N(C)C)cc3)C2c2ccc(N(CC)CC)cc2)ccc1Cl. The average molecular weight is 548 g/mol. The molecule has 1 aliphatic rings. The number of halogens is 1. The minimum atomic E-state index is -0.827. The highest BCUT2D eigenvalue weighted by Gasteiger charge is 2.47. The number of aliphatic hydroxyl groups excluding tert-OH is 1. The van der Waals surface area contributed by atoms with E-state index in [-0.39, 0.29) is 11.3 Å². The number of hydrogen-bond donors (Lipinski definition) is 1. The molecule has 0 aliphatic carbocycles. The second kappa shape index (κ2) is 11.8. The van der Waals surface area contributed by atoms with Crippen molar-refractivity contribution in [3.63, 3.8) is 0 Å². The van der Waals surface area contributed by atoms with Crippen molar-refractivity contribution in [1.82, 2.24) is 0 Å². The maximum atomic E-state index is 13.5. The first-order valence-electron chi connectivity index (χ1n) is 13.1. The summed E-state index contributed by atoms with van der Waals surface area (Å²) in [7, 11) is 3.86. The molecule has 8 heteroatoms. The highest BCUT2D eigenvalue weighted by Crippen LogP contribution is 2.43. The smallest absolute Gasteiger partial charge is 0.300 e. The van der Waals surface area contributed by atoms with Gasteiger partial charge in [-0.3, -0.25) is 14.5 Å². The number of Topliss-reactive ketones (excluding diaryl/α,β-unsaturated/α-hetero) is 1. The maximum absolute atomic E-state index is 13.5. The molecule has 0 aromatic heterocycles. The van der Waals surface area contributed by atoms with Gasteiger partial charge in [0.2, 0.25) is 0 Å². The molecule has 1 aliphatic heterocycles. The van der Waals surface area contributed by atoms with Crippen LogP contribution in [-0.2, 0) is 9.59 Å². The largest absolute Gasteiger partial charge is 0.507 e. The minimum Gasteiger partial charge on any atom is -0.507 e. The Morgan fingerprint density at radius 3 is 2.10 bits per heavy atom. The molecule has 1 saturated heterocycles. The third-order valence-electron chi connectivity index (χ3n) is 6.93. The van der Waals surface area contributed by atoms with Crippen molar-refractivity contribution < 1.29 is 19.4 Å². The molecule has 1 amide bonds. The molecule has 0 saturated carbocycles. The first-order valence-corrected chi connectivity index (χ1v) is 13.5. The van der Waals surface area contributed by atoms with Crippen LogP contribution in [0.25, 0.3) is 5.76 Å². The standard InChI is InChI=1S/C31H34ClN3O4/c1-6-34(7-2)23-12-9-20(10-13-23)28-27(29(36)21-11-18-25(32)26(19-21)39-8-3)30(37)31(38)35(28)24-16-14-22(15-17-24)33(4)5/h9-19,28,36H,6-8H2,1-5H3/b29-27-. The number of ether oxygens (including phenoxy) is 1. The number of carbonyl (C=O) groups excluding carboxylic acids is 2. The first kappa shape index (κ1) is 28.0. The Labute approximate surface area is 234 Å². The molecule has 0 bridgehead atoms. The lowest BCUT2D eigenvalue weighted by Gasteiger charge is -2.27. The fourth-order valence-electron chi connectivity index (χ4n) is 4.85. The van der Waals surface area contributed by atoms with E-state index in [0.717, 1.165) is 24.5 Å². The normalized spacial score (nSPS) is 16.5. The van der Waals surface area contributed by atoms with Gasteiger partial charge >= 0.3 is 0 Å². The average Bonchev–Trinajstić information content (AvgIpc) is 3.20. The Morgan fingerprint density at radius 2 is 1.54 bits per heavy atom. The van der Waals surface area contributed by atoms with Crippen LogP contribution in [0.15, 0.2) is 72.3 Å². The zero-order valence-electron chi connectivity index (χ0n) is 22.9. The molecule has 3 aromatic carbocycles. The van der Waals surface area contributed by atoms with Crippen LogP contribution in [0.5, 0.6) is 5.75 Å². The quantitative estimate of drug-likeness (QED) is 0.193. The molecule has 4 rings (SSSR count). The van der Waals surface area contributed by atoms with Gasteiger partial charge in [0, 0.05) is 49.8 Å². The van der Waals surface area contributed by atoms with E-state index in [1.54, 1.807) is 18.2 Å². The van der Waals surface area contributed by atoms with E-state index in [1.807, 2.05) is 74.4 Å². The number of hydrogen-bond acceptors (Lipinski definition) is 6. The second-order valence-corrected chi connectivity index (χ2v) is 9.83. The third-order valence-corrected chi connectivity index (χ3v) is 7.24. The molecule has 7 nitrogen and oxygen atoms in total. The summed E-state index contributed by atoms with van der Waals surface area (Å²) in [5.74, 6) is -1.35. The van der Waals surface area contributed by atoms with Crippen molar-refractivity contribution in [2.75, 3.05) is 48.5 Å². The molecular weight excluding hydrogens is 514 g/mol. The van der Waals surface area contributed by atoms with Gasteiger partial charge in [0.15, 0.2) is 0 Å². The topological polar surface area (TPSA) is 73.3 Å². The summed E-state index contributed by atoms with van der Waals surface area (Å²) in [6, 6.07) is 19.2. The van der Waals surface area contributed by atoms with Crippen molar-refractivity contribution in [2.45, 2.75) is 26.8 Å². The van der Waals surface area contributed by atoms with Crippen LogP contribution in [0.1, 0.15) is 37.9 Å². The fraction of sp³-hybridized carbons (Fsp3) is 0.290. The number of rotatable bonds is 9. The number of benzene rings is 3. The Hall–Kier alpha value is -3.97. The van der Waals surface area contributed by atoms with Gasteiger partial charge in [-0.2, -0.15) is 0 Å². The number of aliphatic hydroxyl groups is 1. The number of amides is 1. The van der Waals surface area contributed by atoms with E-state index in [9.17, 15) is 14.7 Å². The zero-order chi connectivity index (χ0) is 28.3. The first-order chi connectivity index (χ1) is 18.7. The maximum Gasteiger partial charge on any atom is 0.300 e. The lowest BCUT2D eigenvalue weighted by molar-refractivity contribution is -0.132. The van der Waals surface area contributed by atoms with Gasteiger partial charge in [0.1, 0.15) is 11.5 Å². The zero-order valence-corrected chi connectivity index (χ0v) is 23.7. The van der Waals surface area contributed by atoms with Gasteiger partial charge in [0.25, 0.3) is 11.7 Å². The highest BCUT2D eigenvalue weighted by atomic mass is 35.5. The molecule has 0 spiro atoms. The van der Waals surface area contributed by atoms with Crippen molar-refractivity contribution in [1.29, 1.82) is 0 Å².